The summed E-state index contributed by atoms with van der Waals surface area (Å²) in [5, 5.41) is 11.7. The van der Waals surface area contributed by atoms with Gasteiger partial charge in [-0.2, -0.15) is 0 Å². The molecular weight excluding hydrogens is 269 g/mol. The molecule has 0 fully saturated rings. The fourth-order valence-electron chi connectivity index (χ4n) is 2.13. The van der Waals surface area contributed by atoms with Crippen molar-refractivity contribution >= 4 is 11.5 Å². The molecule has 0 aliphatic rings. The van der Waals surface area contributed by atoms with E-state index in [1.807, 2.05) is 37.1 Å². The molecule has 110 valence electrons. The van der Waals surface area contributed by atoms with E-state index in [1.165, 1.54) is 12.1 Å². The first kappa shape index (κ1) is 14.8. The second kappa shape index (κ2) is 6.26. The molecule has 0 radical (unpaired) electrons. The number of nitrogens with zero attached hydrogens (tertiary/aromatic N) is 2. The van der Waals surface area contributed by atoms with E-state index >= 15 is 0 Å². The number of oxime groups is 1. The number of halogens is 1. The predicted molar refractivity (Wildman–Crippen MR) is 82.2 cm³/mol. The molecule has 0 spiro atoms. The van der Waals surface area contributed by atoms with Crippen LogP contribution in [0.5, 0.6) is 0 Å². The number of hydrogen-bond acceptors (Lipinski definition) is 3. The van der Waals surface area contributed by atoms with E-state index in [9.17, 15) is 4.39 Å². The summed E-state index contributed by atoms with van der Waals surface area (Å²) in [4.78, 5) is 2.03. The Morgan fingerprint density at radius 3 is 2.48 bits per heavy atom. The first-order valence-electron chi connectivity index (χ1n) is 6.55. The van der Waals surface area contributed by atoms with Crippen molar-refractivity contribution in [1.29, 1.82) is 0 Å². The zero-order valence-electron chi connectivity index (χ0n) is 12.0. The SMILES string of the molecule is Cc1cc(/C(N)=N/O)ccc1CN(C)c1ccc(F)cc1. The van der Waals surface area contributed by atoms with Crippen LogP contribution in [0.2, 0.25) is 0 Å². The Labute approximate surface area is 123 Å². The van der Waals surface area contributed by atoms with Gasteiger partial charge in [0, 0.05) is 24.8 Å². The Kier molecular flexibility index (Phi) is 4.42. The van der Waals surface area contributed by atoms with E-state index in [2.05, 4.69) is 5.16 Å². The van der Waals surface area contributed by atoms with Gasteiger partial charge in [-0.05, 0) is 48.4 Å². The van der Waals surface area contributed by atoms with E-state index in [1.54, 1.807) is 12.1 Å². The van der Waals surface area contributed by atoms with Crippen LogP contribution in [0.3, 0.4) is 0 Å². The van der Waals surface area contributed by atoms with Gasteiger partial charge in [-0.15, -0.1) is 0 Å². The molecule has 2 aromatic carbocycles. The van der Waals surface area contributed by atoms with Gasteiger partial charge in [-0.1, -0.05) is 17.3 Å². The summed E-state index contributed by atoms with van der Waals surface area (Å²) < 4.78 is 12.9. The van der Waals surface area contributed by atoms with Gasteiger partial charge in [-0.25, -0.2) is 4.39 Å². The Morgan fingerprint density at radius 2 is 1.90 bits per heavy atom. The lowest BCUT2D eigenvalue weighted by molar-refractivity contribution is 0.318. The van der Waals surface area contributed by atoms with E-state index < -0.39 is 0 Å². The molecule has 0 unspecified atom stereocenters. The summed E-state index contributed by atoms with van der Waals surface area (Å²) in [6.45, 7) is 2.66. The van der Waals surface area contributed by atoms with Crippen LogP contribution >= 0.6 is 0 Å². The van der Waals surface area contributed by atoms with Crippen molar-refractivity contribution in [1.82, 2.24) is 0 Å². The van der Waals surface area contributed by atoms with Gasteiger partial charge in [0.1, 0.15) is 5.82 Å². The molecule has 2 rings (SSSR count). The Bertz CT molecular complexity index is 653. The minimum atomic E-state index is -0.244. The fourth-order valence-corrected chi connectivity index (χ4v) is 2.13. The van der Waals surface area contributed by atoms with Crippen molar-refractivity contribution in [3.8, 4) is 0 Å². The van der Waals surface area contributed by atoms with Crippen molar-refractivity contribution in [2.45, 2.75) is 13.5 Å². The molecule has 4 nitrogen and oxygen atoms in total. The lowest BCUT2D eigenvalue weighted by Crippen LogP contribution is -2.18. The van der Waals surface area contributed by atoms with Gasteiger partial charge in [0.15, 0.2) is 5.84 Å². The molecule has 0 bridgehead atoms. The average molecular weight is 287 g/mol. The topological polar surface area (TPSA) is 61.9 Å². The molecule has 2 aromatic rings. The maximum Gasteiger partial charge on any atom is 0.170 e. The fraction of sp³-hybridized carbons (Fsp3) is 0.188. The molecule has 0 heterocycles. The highest BCUT2D eigenvalue weighted by Gasteiger charge is 2.07. The summed E-state index contributed by atoms with van der Waals surface area (Å²) in [5.41, 5.74) is 9.37. The number of nitrogens with two attached hydrogens (primary N) is 1. The summed E-state index contributed by atoms with van der Waals surface area (Å²) >= 11 is 0. The molecule has 0 aliphatic carbocycles. The number of hydrogen-bond donors (Lipinski definition) is 2. The lowest BCUT2D eigenvalue weighted by atomic mass is 10.0. The number of amidine groups is 1. The zero-order valence-corrected chi connectivity index (χ0v) is 12.0. The van der Waals surface area contributed by atoms with Gasteiger partial charge in [-0.3, -0.25) is 0 Å². The summed E-state index contributed by atoms with van der Waals surface area (Å²) in [5.74, 6) is -0.150. The van der Waals surface area contributed by atoms with Crippen molar-refractivity contribution < 1.29 is 9.60 Å². The minimum absolute atomic E-state index is 0.0940. The third-order valence-corrected chi connectivity index (χ3v) is 3.42. The van der Waals surface area contributed by atoms with Crippen LogP contribution in [-0.2, 0) is 6.54 Å². The first-order chi connectivity index (χ1) is 10.0. The van der Waals surface area contributed by atoms with Crippen LogP contribution < -0.4 is 10.6 Å². The second-order valence-electron chi connectivity index (χ2n) is 4.96. The predicted octanol–water partition coefficient (Wildman–Crippen LogP) is 2.87. The quantitative estimate of drug-likeness (QED) is 0.393. The Hall–Kier alpha value is -2.56. The highest BCUT2D eigenvalue weighted by Crippen LogP contribution is 2.18. The summed E-state index contributed by atoms with van der Waals surface area (Å²) in [7, 11) is 1.95. The van der Waals surface area contributed by atoms with Gasteiger partial charge < -0.3 is 15.8 Å². The van der Waals surface area contributed by atoms with Crippen LogP contribution in [-0.4, -0.2) is 18.1 Å². The molecule has 5 heteroatoms. The largest absolute Gasteiger partial charge is 0.409 e. The van der Waals surface area contributed by atoms with E-state index in [0.717, 1.165) is 16.8 Å². The lowest BCUT2D eigenvalue weighted by Gasteiger charge is -2.20. The maximum absolute atomic E-state index is 12.9. The third kappa shape index (κ3) is 3.51. The second-order valence-corrected chi connectivity index (χ2v) is 4.96. The number of anilines is 1. The van der Waals surface area contributed by atoms with Crippen molar-refractivity contribution in [2.24, 2.45) is 10.9 Å². The molecule has 0 atom stereocenters. The van der Waals surface area contributed by atoms with Crippen molar-refractivity contribution in [3.63, 3.8) is 0 Å². The van der Waals surface area contributed by atoms with E-state index in [0.29, 0.717) is 12.1 Å². The number of aryl methyl sites for hydroxylation is 1. The van der Waals surface area contributed by atoms with Gasteiger partial charge >= 0.3 is 0 Å². The zero-order chi connectivity index (χ0) is 15.4. The third-order valence-electron chi connectivity index (χ3n) is 3.42. The molecule has 0 amide bonds. The minimum Gasteiger partial charge on any atom is -0.409 e. The maximum atomic E-state index is 12.9. The molecule has 0 saturated carbocycles. The molecule has 3 N–H and O–H groups in total. The van der Waals surface area contributed by atoms with Crippen LogP contribution in [0.25, 0.3) is 0 Å². The average Bonchev–Trinajstić information content (AvgIpc) is 2.49. The van der Waals surface area contributed by atoms with Gasteiger partial charge in [0.05, 0.1) is 0 Å². The molecule has 21 heavy (non-hydrogen) atoms. The van der Waals surface area contributed by atoms with Crippen molar-refractivity contribution in [3.05, 3.63) is 65.0 Å². The Balaban J connectivity index is 2.18. The van der Waals surface area contributed by atoms with Crippen molar-refractivity contribution in [2.75, 3.05) is 11.9 Å². The van der Waals surface area contributed by atoms with Crippen LogP contribution in [0.1, 0.15) is 16.7 Å². The normalized spacial score (nSPS) is 11.5. The van der Waals surface area contributed by atoms with E-state index in [4.69, 9.17) is 10.9 Å². The summed E-state index contributed by atoms with van der Waals surface area (Å²) in [6.07, 6.45) is 0. The van der Waals surface area contributed by atoms with Crippen LogP contribution in [0, 0.1) is 12.7 Å². The molecule has 0 saturated heterocycles. The number of rotatable bonds is 4. The first-order valence-corrected chi connectivity index (χ1v) is 6.55. The smallest absolute Gasteiger partial charge is 0.170 e. The Morgan fingerprint density at radius 1 is 1.24 bits per heavy atom. The highest BCUT2D eigenvalue weighted by molar-refractivity contribution is 5.97. The monoisotopic (exact) mass is 287 g/mol. The van der Waals surface area contributed by atoms with Gasteiger partial charge in [0.2, 0.25) is 0 Å². The molecular formula is C16H18FN3O. The van der Waals surface area contributed by atoms with Crippen LogP contribution in [0.15, 0.2) is 47.6 Å². The standard InChI is InChI=1S/C16H18FN3O/c1-11-9-12(16(18)19-21)3-4-13(11)10-20(2)15-7-5-14(17)6-8-15/h3-9,21H,10H2,1-2H3,(H2,18,19). The molecule has 0 aromatic heterocycles. The highest BCUT2D eigenvalue weighted by atomic mass is 19.1. The molecule has 0 aliphatic heterocycles. The van der Waals surface area contributed by atoms with Gasteiger partial charge in [0.25, 0.3) is 0 Å². The summed E-state index contributed by atoms with van der Waals surface area (Å²) in [6, 6.07) is 12.0. The van der Waals surface area contributed by atoms with E-state index in [-0.39, 0.29) is 11.7 Å². The number of benzene rings is 2. The van der Waals surface area contributed by atoms with Crippen LogP contribution in [0.4, 0.5) is 10.1 Å².